The third kappa shape index (κ3) is 3.22. The highest BCUT2D eigenvalue weighted by atomic mass is 16.6. The summed E-state index contributed by atoms with van der Waals surface area (Å²) in [4.78, 5) is 17.3. The first-order chi connectivity index (χ1) is 14.6. The number of benzene rings is 2. The summed E-state index contributed by atoms with van der Waals surface area (Å²) in [6.45, 7) is 5.08. The van der Waals surface area contributed by atoms with Gasteiger partial charge in [0.15, 0.2) is 17.1 Å². The Morgan fingerprint density at radius 2 is 1.90 bits per heavy atom. The van der Waals surface area contributed by atoms with Gasteiger partial charge in [-0.1, -0.05) is 12.1 Å². The average molecular weight is 402 g/mol. The van der Waals surface area contributed by atoms with Crippen LogP contribution < -0.4 is 14.8 Å². The van der Waals surface area contributed by atoms with E-state index in [1.807, 2.05) is 54.8 Å². The number of fused-ring (bicyclic) bond motifs is 4. The Morgan fingerprint density at radius 1 is 1.10 bits per heavy atom. The third-order valence-electron chi connectivity index (χ3n) is 5.45. The van der Waals surface area contributed by atoms with Crippen LogP contribution in [0.3, 0.4) is 0 Å². The lowest BCUT2D eigenvalue weighted by atomic mass is 10.1. The van der Waals surface area contributed by atoms with Crippen molar-refractivity contribution in [2.24, 2.45) is 0 Å². The van der Waals surface area contributed by atoms with Gasteiger partial charge >= 0.3 is 0 Å². The van der Waals surface area contributed by atoms with Gasteiger partial charge in [0.25, 0.3) is 0 Å². The molecular weight excluding hydrogens is 380 g/mol. The molecule has 1 N–H and O–H groups in total. The molecule has 30 heavy (non-hydrogen) atoms. The van der Waals surface area contributed by atoms with Crippen molar-refractivity contribution in [1.29, 1.82) is 0 Å². The summed E-state index contributed by atoms with van der Waals surface area (Å²) in [5.41, 5.74) is 5.46. The highest BCUT2D eigenvalue weighted by Crippen LogP contribution is 2.32. The molecule has 1 amide bonds. The highest BCUT2D eigenvalue weighted by molar-refractivity contribution is 5.92. The van der Waals surface area contributed by atoms with Crippen LogP contribution in [-0.4, -0.2) is 33.7 Å². The number of ether oxygens (including phenoxy) is 2. The zero-order chi connectivity index (χ0) is 20.7. The van der Waals surface area contributed by atoms with E-state index in [2.05, 4.69) is 10.4 Å². The molecule has 7 nitrogen and oxygen atoms in total. The predicted molar refractivity (Wildman–Crippen MR) is 114 cm³/mol. The lowest BCUT2D eigenvalue weighted by molar-refractivity contribution is -0.116. The van der Waals surface area contributed by atoms with Crippen LogP contribution in [0, 0.1) is 13.8 Å². The second-order valence-corrected chi connectivity index (χ2v) is 7.42. The van der Waals surface area contributed by atoms with Crippen molar-refractivity contribution >= 4 is 28.1 Å². The van der Waals surface area contributed by atoms with Crippen molar-refractivity contribution in [3.63, 3.8) is 0 Å². The number of carbonyl (C=O) groups is 1. The topological polar surface area (TPSA) is 77.8 Å². The molecule has 0 unspecified atom stereocenters. The molecule has 0 aliphatic carbocycles. The Morgan fingerprint density at radius 3 is 2.77 bits per heavy atom. The minimum Gasteiger partial charge on any atom is -0.486 e. The summed E-state index contributed by atoms with van der Waals surface area (Å²) in [6, 6.07) is 13.4. The molecule has 0 radical (unpaired) electrons. The van der Waals surface area contributed by atoms with E-state index in [-0.39, 0.29) is 5.91 Å². The van der Waals surface area contributed by atoms with Gasteiger partial charge < -0.3 is 14.8 Å². The van der Waals surface area contributed by atoms with Crippen LogP contribution in [0.2, 0.25) is 0 Å². The van der Waals surface area contributed by atoms with Crippen molar-refractivity contribution in [2.75, 3.05) is 18.5 Å². The van der Waals surface area contributed by atoms with Gasteiger partial charge in [-0.25, -0.2) is 9.50 Å². The van der Waals surface area contributed by atoms with Gasteiger partial charge in [0, 0.05) is 34.9 Å². The Hall–Kier alpha value is -3.61. The van der Waals surface area contributed by atoms with Crippen molar-refractivity contribution in [3.8, 4) is 11.5 Å². The van der Waals surface area contributed by atoms with Crippen LogP contribution in [0.25, 0.3) is 16.6 Å². The van der Waals surface area contributed by atoms with E-state index >= 15 is 0 Å². The fourth-order valence-corrected chi connectivity index (χ4v) is 3.92. The zero-order valence-corrected chi connectivity index (χ0v) is 16.9. The maximum Gasteiger partial charge on any atom is 0.224 e. The lowest BCUT2D eigenvalue weighted by Crippen LogP contribution is -2.17. The molecule has 0 fully saturated rings. The van der Waals surface area contributed by atoms with E-state index in [0.29, 0.717) is 43.2 Å². The minimum atomic E-state index is -0.0591. The number of hydrogen-bond acceptors (Lipinski definition) is 5. The number of aromatic nitrogens is 3. The van der Waals surface area contributed by atoms with Gasteiger partial charge in [-0.3, -0.25) is 4.79 Å². The number of carbonyl (C=O) groups excluding carboxylic acids is 1. The number of rotatable bonds is 4. The molecule has 0 saturated heterocycles. The lowest BCUT2D eigenvalue weighted by Gasteiger charge is -2.19. The number of nitrogens with zero attached hydrogens (tertiary/aromatic N) is 3. The highest BCUT2D eigenvalue weighted by Gasteiger charge is 2.16. The summed E-state index contributed by atoms with van der Waals surface area (Å²) in [7, 11) is 0. The molecule has 2 aromatic carbocycles. The molecule has 4 aromatic rings. The van der Waals surface area contributed by atoms with Gasteiger partial charge in [0.1, 0.15) is 13.2 Å². The van der Waals surface area contributed by atoms with Crippen molar-refractivity contribution < 1.29 is 14.3 Å². The van der Waals surface area contributed by atoms with Crippen LogP contribution in [-0.2, 0) is 11.2 Å². The number of anilines is 1. The molecule has 5 rings (SSSR count). The second kappa shape index (κ2) is 7.33. The van der Waals surface area contributed by atoms with Gasteiger partial charge in [0.05, 0.1) is 5.52 Å². The quantitative estimate of drug-likeness (QED) is 0.561. The van der Waals surface area contributed by atoms with E-state index in [1.54, 1.807) is 6.07 Å². The molecule has 0 spiro atoms. The molecule has 7 heteroatoms. The molecule has 0 bridgehead atoms. The number of amides is 1. The Kier molecular flexibility index (Phi) is 4.50. The molecule has 2 aromatic heterocycles. The van der Waals surface area contributed by atoms with Crippen molar-refractivity contribution in [3.05, 3.63) is 59.4 Å². The maximum absolute atomic E-state index is 12.6. The normalized spacial score (nSPS) is 13.0. The Balaban J connectivity index is 1.34. The van der Waals surface area contributed by atoms with Crippen molar-refractivity contribution in [2.45, 2.75) is 26.7 Å². The minimum absolute atomic E-state index is 0.0591. The molecule has 0 atom stereocenters. The van der Waals surface area contributed by atoms with Crippen molar-refractivity contribution in [1.82, 2.24) is 14.6 Å². The summed E-state index contributed by atoms with van der Waals surface area (Å²) in [5.74, 6) is 1.30. The Labute approximate surface area is 173 Å². The molecule has 0 saturated carbocycles. The standard InChI is InChI=1S/C23H22N4O3/c1-14-17(15(2)27-23(24-14)18-5-3-4-6-19(18)26-27)8-10-22(28)25-16-7-9-20-21(13-16)30-12-11-29-20/h3-7,9,13H,8,10-12H2,1-2H3,(H,25,28). The number of nitrogens with one attached hydrogen (secondary N) is 1. The van der Waals surface area contributed by atoms with Gasteiger partial charge in [-0.2, -0.15) is 5.10 Å². The van der Waals surface area contributed by atoms with E-state index in [0.717, 1.165) is 33.5 Å². The fourth-order valence-electron chi connectivity index (χ4n) is 3.92. The first-order valence-corrected chi connectivity index (χ1v) is 10.0. The summed E-state index contributed by atoms with van der Waals surface area (Å²) in [5, 5.41) is 8.66. The van der Waals surface area contributed by atoms with Gasteiger partial charge in [-0.05, 0) is 50.1 Å². The van der Waals surface area contributed by atoms with E-state index in [4.69, 9.17) is 14.5 Å². The van der Waals surface area contributed by atoms with E-state index in [9.17, 15) is 4.79 Å². The van der Waals surface area contributed by atoms with E-state index in [1.165, 1.54) is 0 Å². The first kappa shape index (κ1) is 18.4. The van der Waals surface area contributed by atoms with Crippen LogP contribution in [0.1, 0.15) is 23.4 Å². The van der Waals surface area contributed by atoms with Crippen LogP contribution >= 0.6 is 0 Å². The maximum atomic E-state index is 12.6. The van der Waals surface area contributed by atoms with Crippen LogP contribution in [0.15, 0.2) is 42.5 Å². The Bertz CT molecular complexity index is 1280. The average Bonchev–Trinajstić information content (AvgIpc) is 3.12. The molecule has 3 heterocycles. The number of hydrogen-bond donors (Lipinski definition) is 1. The zero-order valence-electron chi connectivity index (χ0n) is 16.9. The monoisotopic (exact) mass is 402 g/mol. The largest absolute Gasteiger partial charge is 0.486 e. The SMILES string of the molecule is Cc1nc2c3ccccc3nn2c(C)c1CCC(=O)Nc1ccc2c(c1)OCCO2. The summed E-state index contributed by atoms with van der Waals surface area (Å²) in [6.07, 6.45) is 0.942. The molecule has 1 aliphatic rings. The smallest absolute Gasteiger partial charge is 0.224 e. The molecular formula is C23H22N4O3. The predicted octanol–water partition coefficient (Wildman–Crippen LogP) is 3.84. The van der Waals surface area contributed by atoms with Gasteiger partial charge in [-0.15, -0.1) is 0 Å². The van der Waals surface area contributed by atoms with Crippen LogP contribution in [0.5, 0.6) is 11.5 Å². The van der Waals surface area contributed by atoms with E-state index < -0.39 is 0 Å². The summed E-state index contributed by atoms with van der Waals surface area (Å²) >= 11 is 0. The molecule has 1 aliphatic heterocycles. The molecule has 152 valence electrons. The fraction of sp³-hybridized carbons (Fsp3) is 0.261. The number of aryl methyl sites for hydroxylation is 2. The summed E-state index contributed by atoms with van der Waals surface area (Å²) < 4.78 is 13.0. The van der Waals surface area contributed by atoms with Crippen LogP contribution in [0.4, 0.5) is 5.69 Å². The second-order valence-electron chi connectivity index (χ2n) is 7.42. The third-order valence-corrected chi connectivity index (χ3v) is 5.45. The van der Waals surface area contributed by atoms with Gasteiger partial charge in [0.2, 0.25) is 5.91 Å². The first-order valence-electron chi connectivity index (χ1n) is 10.0.